The highest BCUT2D eigenvalue weighted by Crippen LogP contribution is 2.22. The summed E-state index contributed by atoms with van der Waals surface area (Å²) in [5.74, 6) is 0. The summed E-state index contributed by atoms with van der Waals surface area (Å²) in [6, 6.07) is 10.5. The van der Waals surface area contributed by atoms with Crippen molar-refractivity contribution < 1.29 is 0 Å². The molecule has 0 spiro atoms. The molecular formula is C13H17N3S. The summed E-state index contributed by atoms with van der Waals surface area (Å²) >= 11 is 1.74. The Labute approximate surface area is 106 Å². The van der Waals surface area contributed by atoms with E-state index in [-0.39, 0.29) is 0 Å². The number of nitrogens with two attached hydrogens (primary N) is 1. The zero-order valence-electron chi connectivity index (χ0n) is 10.2. The van der Waals surface area contributed by atoms with Crippen LogP contribution in [0.3, 0.4) is 0 Å². The number of aryl methyl sites for hydroxylation is 1. The van der Waals surface area contributed by atoms with Gasteiger partial charge >= 0.3 is 0 Å². The molecule has 0 fully saturated rings. The van der Waals surface area contributed by atoms with Crippen molar-refractivity contribution in [3.63, 3.8) is 0 Å². The van der Waals surface area contributed by atoms with Crippen molar-refractivity contribution >= 4 is 11.8 Å². The van der Waals surface area contributed by atoms with Gasteiger partial charge in [-0.1, -0.05) is 12.1 Å². The molecule has 17 heavy (non-hydrogen) atoms. The van der Waals surface area contributed by atoms with Crippen LogP contribution in [0.15, 0.2) is 35.2 Å². The van der Waals surface area contributed by atoms with Crippen LogP contribution in [-0.4, -0.2) is 16.0 Å². The maximum absolute atomic E-state index is 5.70. The molecule has 0 amide bonds. The van der Waals surface area contributed by atoms with Gasteiger partial charge in [-0.05, 0) is 31.4 Å². The first-order valence-electron chi connectivity index (χ1n) is 5.69. The van der Waals surface area contributed by atoms with E-state index < -0.39 is 0 Å². The number of thioether (sulfide) groups is 1. The van der Waals surface area contributed by atoms with Gasteiger partial charge in [-0.3, -0.25) is 4.68 Å². The SMILES string of the molecule is CCn1nc(-c2ccc(SC)cc2)cc1CN. The Kier molecular flexibility index (Phi) is 3.86. The quantitative estimate of drug-likeness (QED) is 0.845. The highest BCUT2D eigenvalue weighted by molar-refractivity contribution is 7.98. The number of rotatable bonds is 4. The maximum atomic E-state index is 5.70. The lowest BCUT2D eigenvalue weighted by Crippen LogP contribution is -2.06. The molecule has 1 aromatic heterocycles. The van der Waals surface area contributed by atoms with E-state index in [2.05, 4.69) is 48.6 Å². The second kappa shape index (κ2) is 5.38. The van der Waals surface area contributed by atoms with Gasteiger partial charge in [0.15, 0.2) is 0 Å². The molecular weight excluding hydrogens is 230 g/mol. The Morgan fingerprint density at radius 1 is 1.29 bits per heavy atom. The first-order chi connectivity index (χ1) is 8.28. The fourth-order valence-electron chi connectivity index (χ4n) is 1.80. The van der Waals surface area contributed by atoms with Crippen LogP contribution >= 0.6 is 11.8 Å². The first-order valence-corrected chi connectivity index (χ1v) is 6.92. The van der Waals surface area contributed by atoms with Gasteiger partial charge in [0.1, 0.15) is 0 Å². The van der Waals surface area contributed by atoms with Crippen LogP contribution < -0.4 is 5.73 Å². The predicted octanol–water partition coefficient (Wildman–Crippen LogP) is 2.75. The molecule has 0 saturated carbocycles. The molecule has 1 heterocycles. The lowest BCUT2D eigenvalue weighted by atomic mass is 10.1. The molecule has 0 atom stereocenters. The third kappa shape index (κ3) is 2.53. The average molecular weight is 247 g/mol. The molecule has 0 unspecified atom stereocenters. The van der Waals surface area contributed by atoms with Gasteiger partial charge in [-0.2, -0.15) is 5.10 Å². The number of aromatic nitrogens is 2. The molecule has 4 heteroatoms. The van der Waals surface area contributed by atoms with Gasteiger partial charge in [0.2, 0.25) is 0 Å². The molecule has 2 rings (SSSR count). The van der Waals surface area contributed by atoms with Gasteiger partial charge in [0, 0.05) is 23.5 Å². The Morgan fingerprint density at radius 2 is 2.00 bits per heavy atom. The average Bonchev–Trinajstić information content (AvgIpc) is 2.82. The van der Waals surface area contributed by atoms with E-state index in [0.717, 1.165) is 23.5 Å². The Morgan fingerprint density at radius 3 is 2.47 bits per heavy atom. The molecule has 3 nitrogen and oxygen atoms in total. The normalized spacial score (nSPS) is 10.8. The molecule has 0 saturated heterocycles. The number of hydrogen-bond donors (Lipinski definition) is 1. The monoisotopic (exact) mass is 247 g/mol. The molecule has 90 valence electrons. The van der Waals surface area contributed by atoms with Crippen LogP contribution in [0.2, 0.25) is 0 Å². The Bertz CT molecular complexity index is 466. The number of hydrogen-bond acceptors (Lipinski definition) is 3. The second-order valence-electron chi connectivity index (χ2n) is 3.77. The Balaban J connectivity index is 2.35. The molecule has 1 aromatic carbocycles. The van der Waals surface area contributed by atoms with Crippen LogP contribution in [-0.2, 0) is 13.1 Å². The minimum atomic E-state index is 0.531. The number of nitrogens with zero attached hydrogens (tertiary/aromatic N) is 2. The van der Waals surface area contributed by atoms with Gasteiger partial charge in [-0.25, -0.2) is 0 Å². The lowest BCUT2D eigenvalue weighted by molar-refractivity contribution is 0.624. The lowest BCUT2D eigenvalue weighted by Gasteiger charge is -2.00. The molecule has 0 aliphatic heterocycles. The topological polar surface area (TPSA) is 43.8 Å². The van der Waals surface area contributed by atoms with Crippen LogP contribution in [0.25, 0.3) is 11.3 Å². The van der Waals surface area contributed by atoms with Crippen LogP contribution in [0, 0.1) is 0 Å². The summed E-state index contributed by atoms with van der Waals surface area (Å²) in [7, 11) is 0. The summed E-state index contributed by atoms with van der Waals surface area (Å²) < 4.78 is 1.96. The maximum Gasteiger partial charge on any atom is 0.0926 e. The van der Waals surface area contributed by atoms with Crippen molar-refractivity contribution in [1.29, 1.82) is 0 Å². The second-order valence-corrected chi connectivity index (χ2v) is 4.65. The largest absolute Gasteiger partial charge is 0.325 e. The van der Waals surface area contributed by atoms with E-state index in [4.69, 9.17) is 5.73 Å². The molecule has 0 radical (unpaired) electrons. The smallest absolute Gasteiger partial charge is 0.0926 e. The van der Waals surface area contributed by atoms with Crippen molar-refractivity contribution in [1.82, 2.24) is 9.78 Å². The van der Waals surface area contributed by atoms with Gasteiger partial charge in [0.25, 0.3) is 0 Å². The van der Waals surface area contributed by atoms with Crippen LogP contribution in [0.5, 0.6) is 0 Å². The van der Waals surface area contributed by atoms with Crippen molar-refractivity contribution in [3.05, 3.63) is 36.0 Å². The summed E-state index contributed by atoms with van der Waals surface area (Å²) in [6.07, 6.45) is 2.08. The molecule has 0 bridgehead atoms. The highest BCUT2D eigenvalue weighted by Gasteiger charge is 2.07. The molecule has 0 aliphatic carbocycles. The van der Waals surface area contributed by atoms with E-state index in [0.29, 0.717) is 6.54 Å². The van der Waals surface area contributed by atoms with Crippen molar-refractivity contribution in [2.24, 2.45) is 5.73 Å². The van der Waals surface area contributed by atoms with E-state index in [9.17, 15) is 0 Å². The third-order valence-corrected chi connectivity index (χ3v) is 3.50. The molecule has 0 aliphatic rings. The van der Waals surface area contributed by atoms with Crippen LogP contribution in [0.1, 0.15) is 12.6 Å². The third-order valence-electron chi connectivity index (χ3n) is 2.76. The minimum Gasteiger partial charge on any atom is -0.325 e. The molecule has 2 N–H and O–H groups in total. The standard InChI is InChI=1S/C13H17N3S/c1-3-16-11(9-14)8-13(15-16)10-4-6-12(17-2)7-5-10/h4-8H,3,9,14H2,1-2H3. The van der Waals surface area contributed by atoms with E-state index >= 15 is 0 Å². The van der Waals surface area contributed by atoms with E-state index in [1.54, 1.807) is 11.8 Å². The highest BCUT2D eigenvalue weighted by atomic mass is 32.2. The van der Waals surface area contributed by atoms with Crippen molar-refractivity contribution in [2.75, 3.05) is 6.26 Å². The Hall–Kier alpha value is -1.26. The van der Waals surface area contributed by atoms with Gasteiger partial charge in [0.05, 0.1) is 11.4 Å². The van der Waals surface area contributed by atoms with Crippen molar-refractivity contribution in [3.8, 4) is 11.3 Å². The van der Waals surface area contributed by atoms with E-state index in [1.165, 1.54) is 4.90 Å². The fourth-order valence-corrected chi connectivity index (χ4v) is 2.20. The zero-order valence-corrected chi connectivity index (χ0v) is 11.0. The summed E-state index contributed by atoms with van der Waals surface area (Å²) in [5.41, 5.74) is 8.92. The number of benzene rings is 1. The predicted molar refractivity (Wildman–Crippen MR) is 73.0 cm³/mol. The summed E-state index contributed by atoms with van der Waals surface area (Å²) in [4.78, 5) is 1.27. The van der Waals surface area contributed by atoms with Gasteiger partial charge in [-0.15, -0.1) is 11.8 Å². The van der Waals surface area contributed by atoms with E-state index in [1.807, 2.05) is 4.68 Å². The summed E-state index contributed by atoms with van der Waals surface area (Å²) in [6.45, 7) is 3.46. The van der Waals surface area contributed by atoms with Crippen molar-refractivity contribution in [2.45, 2.75) is 24.9 Å². The van der Waals surface area contributed by atoms with Crippen LogP contribution in [0.4, 0.5) is 0 Å². The van der Waals surface area contributed by atoms with Gasteiger partial charge < -0.3 is 5.73 Å². The zero-order chi connectivity index (χ0) is 12.3. The summed E-state index contributed by atoms with van der Waals surface area (Å²) in [5, 5.41) is 4.56. The minimum absolute atomic E-state index is 0.531. The molecule has 2 aromatic rings. The fraction of sp³-hybridized carbons (Fsp3) is 0.308. The first kappa shape index (κ1) is 12.2.